The van der Waals surface area contributed by atoms with Crippen LogP contribution in [0, 0.1) is 0 Å². The average Bonchev–Trinajstić information content (AvgIpc) is 2.95. The molecule has 1 heterocycles. The first-order valence-electron chi connectivity index (χ1n) is 12.3. The Morgan fingerprint density at radius 1 is 0.838 bits per heavy atom. The molecule has 0 fully saturated rings. The van der Waals surface area contributed by atoms with Crippen molar-refractivity contribution in [2.24, 2.45) is 0 Å². The predicted molar refractivity (Wildman–Crippen MR) is 142 cm³/mol. The third-order valence-corrected chi connectivity index (χ3v) is 6.46. The van der Waals surface area contributed by atoms with Gasteiger partial charge in [0.05, 0.1) is 6.61 Å². The molecule has 0 saturated carbocycles. The van der Waals surface area contributed by atoms with Crippen molar-refractivity contribution in [3.63, 3.8) is 0 Å². The Labute approximate surface area is 216 Å². The number of ether oxygens (including phenoxy) is 3. The second-order valence-corrected chi connectivity index (χ2v) is 8.90. The molecule has 4 aromatic rings. The molecule has 5 rings (SSSR count). The smallest absolute Gasteiger partial charge is 0.328 e. The van der Waals surface area contributed by atoms with Crippen molar-refractivity contribution in [3.8, 4) is 17.2 Å². The highest BCUT2D eigenvalue weighted by atomic mass is 16.5. The molecular weight excluding hydrogens is 464 g/mol. The maximum atomic E-state index is 10.6. The first kappa shape index (κ1) is 24.2. The highest BCUT2D eigenvalue weighted by molar-refractivity contribution is 5.79. The molecule has 2 atom stereocenters. The molecule has 0 radical (unpaired) electrons. The number of benzene rings is 4. The number of carbonyl (C=O) groups is 1. The fraction of sp³-hybridized carbons (Fsp3) is 0.156. The molecule has 0 spiro atoms. The summed E-state index contributed by atoms with van der Waals surface area (Å²) < 4.78 is 18.0. The summed E-state index contributed by atoms with van der Waals surface area (Å²) in [5.41, 5.74) is 4.61. The maximum absolute atomic E-state index is 10.6. The van der Waals surface area contributed by atoms with Crippen LogP contribution in [0.5, 0.6) is 17.2 Å². The topological polar surface area (TPSA) is 65.0 Å². The quantitative estimate of drug-likeness (QED) is 0.267. The normalized spacial score (nSPS) is 16.5. The Morgan fingerprint density at radius 3 is 2.27 bits per heavy atom. The van der Waals surface area contributed by atoms with Gasteiger partial charge in [0.2, 0.25) is 0 Å². The zero-order valence-corrected chi connectivity index (χ0v) is 20.3. The Hall–Kier alpha value is -4.51. The Kier molecular flexibility index (Phi) is 7.51. The van der Waals surface area contributed by atoms with Crippen LogP contribution < -0.4 is 14.2 Å². The number of hydrogen-bond donors (Lipinski definition) is 1. The van der Waals surface area contributed by atoms with Gasteiger partial charge in [0.15, 0.2) is 0 Å². The Bertz CT molecular complexity index is 1350. The molecule has 0 aliphatic carbocycles. The lowest BCUT2D eigenvalue weighted by atomic mass is 9.76. The summed E-state index contributed by atoms with van der Waals surface area (Å²) in [6, 6.07) is 34.7. The van der Waals surface area contributed by atoms with Crippen molar-refractivity contribution in [1.29, 1.82) is 0 Å². The van der Waals surface area contributed by atoms with Crippen LogP contribution in [-0.4, -0.2) is 24.3 Å². The Balaban J connectivity index is 1.40. The lowest BCUT2D eigenvalue weighted by Crippen LogP contribution is -2.25. The van der Waals surface area contributed by atoms with E-state index in [0.29, 0.717) is 19.0 Å². The number of carboxylic acids is 1. The van der Waals surface area contributed by atoms with Crippen LogP contribution in [0.25, 0.3) is 0 Å². The van der Waals surface area contributed by atoms with Gasteiger partial charge in [0.25, 0.3) is 0 Å². The molecule has 5 heteroatoms. The monoisotopic (exact) mass is 492 g/mol. The summed E-state index contributed by atoms with van der Waals surface area (Å²) in [4.78, 5) is 10.6. The van der Waals surface area contributed by atoms with E-state index in [4.69, 9.17) is 19.3 Å². The molecule has 0 amide bonds. The largest absolute Gasteiger partial charge is 0.492 e. The molecule has 1 N–H and O–H groups in total. The SMILES string of the molecule is O=C(O)/C=C/COc1ccc(C2c3ccc(OCc4ccccc4)cc3OCC2c2ccccc2)cc1. The first-order valence-corrected chi connectivity index (χ1v) is 12.3. The van der Waals surface area contributed by atoms with Crippen molar-refractivity contribution in [2.75, 3.05) is 13.2 Å². The molecule has 2 unspecified atom stereocenters. The van der Waals surface area contributed by atoms with Crippen LogP contribution in [0.15, 0.2) is 115 Å². The average molecular weight is 493 g/mol. The van der Waals surface area contributed by atoms with Crippen LogP contribution >= 0.6 is 0 Å². The number of rotatable bonds is 9. The summed E-state index contributed by atoms with van der Waals surface area (Å²) in [6.45, 7) is 1.25. The second kappa shape index (κ2) is 11.5. The number of hydrogen-bond acceptors (Lipinski definition) is 4. The van der Waals surface area contributed by atoms with Gasteiger partial charge < -0.3 is 19.3 Å². The second-order valence-electron chi connectivity index (χ2n) is 8.90. The van der Waals surface area contributed by atoms with Gasteiger partial charge >= 0.3 is 5.97 Å². The van der Waals surface area contributed by atoms with Crippen molar-refractivity contribution in [1.82, 2.24) is 0 Å². The fourth-order valence-corrected chi connectivity index (χ4v) is 4.69. The van der Waals surface area contributed by atoms with Crippen molar-refractivity contribution in [2.45, 2.75) is 18.4 Å². The van der Waals surface area contributed by atoms with Gasteiger partial charge in [-0.2, -0.15) is 0 Å². The maximum Gasteiger partial charge on any atom is 0.328 e. The molecule has 1 aliphatic rings. The lowest BCUT2D eigenvalue weighted by Gasteiger charge is -2.34. The molecule has 5 nitrogen and oxygen atoms in total. The summed E-state index contributed by atoms with van der Waals surface area (Å²) in [7, 11) is 0. The molecule has 37 heavy (non-hydrogen) atoms. The summed E-state index contributed by atoms with van der Waals surface area (Å²) in [5.74, 6) is 1.55. The van der Waals surface area contributed by atoms with Gasteiger partial charge in [-0.05, 0) is 41.0 Å². The molecular formula is C32H28O5. The van der Waals surface area contributed by atoms with Crippen molar-refractivity contribution >= 4 is 5.97 Å². The van der Waals surface area contributed by atoms with Crippen LogP contribution in [0.2, 0.25) is 0 Å². The fourth-order valence-electron chi connectivity index (χ4n) is 4.69. The van der Waals surface area contributed by atoms with E-state index in [1.807, 2.05) is 60.7 Å². The van der Waals surface area contributed by atoms with Crippen LogP contribution in [0.4, 0.5) is 0 Å². The highest BCUT2D eigenvalue weighted by Crippen LogP contribution is 2.47. The van der Waals surface area contributed by atoms with E-state index in [-0.39, 0.29) is 18.4 Å². The van der Waals surface area contributed by atoms with E-state index in [9.17, 15) is 4.79 Å². The zero-order valence-electron chi connectivity index (χ0n) is 20.3. The van der Waals surface area contributed by atoms with E-state index < -0.39 is 5.97 Å². The van der Waals surface area contributed by atoms with E-state index in [1.165, 1.54) is 11.6 Å². The first-order chi connectivity index (χ1) is 18.2. The van der Waals surface area contributed by atoms with Crippen LogP contribution in [0.3, 0.4) is 0 Å². The van der Waals surface area contributed by atoms with Crippen molar-refractivity contribution < 1.29 is 24.1 Å². The van der Waals surface area contributed by atoms with Crippen LogP contribution in [-0.2, 0) is 11.4 Å². The summed E-state index contributed by atoms with van der Waals surface area (Å²) in [5, 5.41) is 8.73. The van der Waals surface area contributed by atoms with E-state index in [2.05, 4.69) is 42.5 Å². The van der Waals surface area contributed by atoms with Crippen LogP contribution in [0.1, 0.15) is 34.1 Å². The van der Waals surface area contributed by atoms with Gasteiger partial charge in [0.1, 0.15) is 30.5 Å². The van der Waals surface area contributed by atoms with Gasteiger partial charge in [-0.25, -0.2) is 4.79 Å². The molecule has 186 valence electrons. The molecule has 0 saturated heterocycles. The van der Waals surface area contributed by atoms with Gasteiger partial charge in [-0.3, -0.25) is 0 Å². The van der Waals surface area contributed by atoms with Gasteiger partial charge in [-0.1, -0.05) is 78.9 Å². The molecule has 0 aromatic heterocycles. The zero-order chi connectivity index (χ0) is 25.5. The Morgan fingerprint density at radius 2 is 1.54 bits per heavy atom. The number of fused-ring (bicyclic) bond motifs is 1. The summed E-state index contributed by atoms with van der Waals surface area (Å²) in [6.07, 6.45) is 2.56. The minimum absolute atomic E-state index is 0.0929. The molecule has 0 bridgehead atoms. The lowest BCUT2D eigenvalue weighted by molar-refractivity contribution is -0.131. The van der Waals surface area contributed by atoms with E-state index in [1.54, 1.807) is 0 Å². The predicted octanol–water partition coefficient (Wildman–Crippen LogP) is 6.59. The summed E-state index contributed by atoms with van der Waals surface area (Å²) >= 11 is 0. The van der Waals surface area contributed by atoms with Crippen molar-refractivity contribution in [3.05, 3.63) is 138 Å². The highest BCUT2D eigenvalue weighted by Gasteiger charge is 2.33. The standard InChI is InChI=1S/C32H28O5/c33-31(34)12-7-19-35-26-15-13-25(14-16-26)32-28-18-17-27(36-21-23-8-3-1-4-9-23)20-30(28)37-22-29(32)24-10-5-2-6-11-24/h1-18,20,29,32H,19,21-22H2,(H,33,34)/b12-7+. The third kappa shape index (κ3) is 6.01. The minimum atomic E-state index is -0.988. The van der Waals surface area contributed by atoms with Gasteiger partial charge in [0, 0.05) is 29.5 Å². The molecule has 4 aromatic carbocycles. The van der Waals surface area contributed by atoms with E-state index >= 15 is 0 Å². The minimum Gasteiger partial charge on any atom is -0.492 e. The van der Waals surface area contributed by atoms with E-state index in [0.717, 1.165) is 34.3 Å². The third-order valence-electron chi connectivity index (χ3n) is 6.46. The number of carboxylic acid groups (broad SMARTS) is 1. The van der Waals surface area contributed by atoms with Gasteiger partial charge in [-0.15, -0.1) is 0 Å². The number of aliphatic carboxylic acids is 1. The molecule has 1 aliphatic heterocycles.